The number of halogens is 1. The summed E-state index contributed by atoms with van der Waals surface area (Å²) in [6.45, 7) is 5.99. The molecule has 94 valence electrons. The van der Waals surface area contributed by atoms with Gasteiger partial charge in [0, 0.05) is 6.20 Å². The van der Waals surface area contributed by atoms with Crippen molar-refractivity contribution in [3.8, 4) is 0 Å². The van der Waals surface area contributed by atoms with E-state index in [-0.39, 0.29) is 17.2 Å². The fourth-order valence-corrected chi connectivity index (χ4v) is 1.45. The van der Waals surface area contributed by atoms with Gasteiger partial charge in [-0.15, -0.1) is 0 Å². The quantitative estimate of drug-likeness (QED) is 0.647. The Morgan fingerprint density at radius 2 is 2.29 bits per heavy atom. The van der Waals surface area contributed by atoms with Crippen LogP contribution in [0.5, 0.6) is 0 Å². The van der Waals surface area contributed by atoms with E-state index in [0.29, 0.717) is 12.4 Å². The fourth-order valence-electron chi connectivity index (χ4n) is 1.30. The first kappa shape index (κ1) is 13.7. The highest BCUT2D eigenvalue weighted by atomic mass is 35.5. The van der Waals surface area contributed by atoms with Crippen molar-refractivity contribution in [2.75, 3.05) is 11.9 Å². The lowest BCUT2D eigenvalue weighted by Crippen LogP contribution is -2.36. The van der Waals surface area contributed by atoms with Gasteiger partial charge in [0.1, 0.15) is 11.9 Å². The van der Waals surface area contributed by atoms with Crippen molar-refractivity contribution in [1.29, 1.82) is 0 Å². The van der Waals surface area contributed by atoms with Crippen molar-refractivity contribution < 1.29 is 9.53 Å². The van der Waals surface area contributed by atoms with Crippen molar-refractivity contribution in [3.63, 3.8) is 0 Å². The molecule has 1 N–H and O–H groups in total. The molecule has 1 aromatic heterocycles. The molecule has 0 aliphatic carbocycles. The number of esters is 1. The van der Waals surface area contributed by atoms with E-state index in [1.165, 1.54) is 6.20 Å². The van der Waals surface area contributed by atoms with E-state index in [9.17, 15) is 4.79 Å². The number of rotatable bonds is 5. The first-order chi connectivity index (χ1) is 8.04. The Morgan fingerprint density at radius 3 is 2.82 bits per heavy atom. The third-order valence-electron chi connectivity index (χ3n) is 2.14. The van der Waals surface area contributed by atoms with Gasteiger partial charge in [0.05, 0.1) is 6.61 Å². The second-order valence-corrected chi connectivity index (χ2v) is 4.17. The van der Waals surface area contributed by atoms with Crippen LogP contribution in [0.25, 0.3) is 0 Å². The number of nitrogens with one attached hydrogen (secondary N) is 1. The lowest BCUT2D eigenvalue weighted by Gasteiger charge is -2.20. The zero-order valence-electron chi connectivity index (χ0n) is 10.1. The van der Waals surface area contributed by atoms with E-state index < -0.39 is 6.04 Å². The summed E-state index contributed by atoms with van der Waals surface area (Å²) in [5, 5.41) is 3.13. The molecule has 17 heavy (non-hydrogen) atoms. The smallest absolute Gasteiger partial charge is 0.328 e. The van der Waals surface area contributed by atoms with Crippen molar-refractivity contribution in [3.05, 3.63) is 17.5 Å². The second kappa shape index (κ2) is 6.39. The Morgan fingerprint density at radius 1 is 1.59 bits per heavy atom. The van der Waals surface area contributed by atoms with Gasteiger partial charge >= 0.3 is 5.97 Å². The van der Waals surface area contributed by atoms with Crippen LogP contribution in [-0.2, 0) is 9.53 Å². The Kier molecular flexibility index (Phi) is 5.15. The highest BCUT2D eigenvalue weighted by Gasteiger charge is 2.23. The van der Waals surface area contributed by atoms with Crippen molar-refractivity contribution in [2.45, 2.75) is 26.8 Å². The van der Waals surface area contributed by atoms with Crippen LogP contribution in [0.15, 0.2) is 12.3 Å². The maximum Gasteiger partial charge on any atom is 0.328 e. The van der Waals surface area contributed by atoms with Crippen LogP contribution in [0.1, 0.15) is 20.8 Å². The molecule has 1 aromatic rings. The molecule has 1 heterocycles. The van der Waals surface area contributed by atoms with E-state index in [1.54, 1.807) is 13.0 Å². The average molecular weight is 258 g/mol. The summed E-state index contributed by atoms with van der Waals surface area (Å²) in [6, 6.07) is 1.21. The summed E-state index contributed by atoms with van der Waals surface area (Å²) in [5.74, 6) is 0.303. The van der Waals surface area contributed by atoms with Crippen LogP contribution in [0, 0.1) is 5.92 Å². The standard InChI is InChI=1S/C11H16ClN3O2/c1-4-17-10(16)9(7(2)3)14-8-5-6-13-11(12)15-8/h5-7,9H,4H2,1-3H3,(H,13,14,15)/t9-/m0/s1. The summed E-state index contributed by atoms with van der Waals surface area (Å²) >= 11 is 5.67. The Hall–Kier alpha value is -1.36. The molecule has 0 saturated heterocycles. The molecule has 0 aliphatic rings. The molecule has 0 aromatic carbocycles. The zero-order chi connectivity index (χ0) is 12.8. The maximum atomic E-state index is 11.7. The molecule has 0 bridgehead atoms. The fraction of sp³-hybridized carbons (Fsp3) is 0.545. The molecular weight excluding hydrogens is 242 g/mol. The molecule has 6 heteroatoms. The second-order valence-electron chi connectivity index (χ2n) is 3.83. The maximum absolute atomic E-state index is 11.7. The number of carbonyl (C=O) groups is 1. The summed E-state index contributed by atoms with van der Waals surface area (Å²) in [7, 11) is 0. The molecule has 1 atom stereocenters. The summed E-state index contributed by atoms with van der Waals surface area (Å²) < 4.78 is 4.99. The lowest BCUT2D eigenvalue weighted by molar-refractivity contribution is -0.145. The SMILES string of the molecule is CCOC(=O)[C@@H](Nc1ccnc(Cl)n1)C(C)C. The third kappa shape index (κ3) is 4.19. The van der Waals surface area contributed by atoms with Crippen molar-refractivity contribution in [1.82, 2.24) is 9.97 Å². The minimum absolute atomic E-state index is 0.0859. The van der Waals surface area contributed by atoms with Crippen molar-refractivity contribution in [2.24, 2.45) is 5.92 Å². The Balaban J connectivity index is 2.76. The molecule has 0 spiro atoms. The average Bonchev–Trinajstić information content (AvgIpc) is 2.26. The predicted molar refractivity (Wildman–Crippen MR) is 65.9 cm³/mol. The molecular formula is C11H16ClN3O2. The van der Waals surface area contributed by atoms with Gasteiger partial charge in [-0.3, -0.25) is 0 Å². The first-order valence-corrected chi connectivity index (χ1v) is 5.84. The monoisotopic (exact) mass is 257 g/mol. The van der Waals surface area contributed by atoms with E-state index in [1.807, 2.05) is 13.8 Å². The normalized spacial score (nSPS) is 12.3. The molecule has 0 fully saturated rings. The van der Waals surface area contributed by atoms with Gasteiger partial charge in [-0.1, -0.05) is 13.8 Å². The Labute approximate surface area is 106 Å². The van der Waals surface area contributed by atoms with E-state index in [4.69, 9.17) is 16.3 Å². The zero-order valence-corrected chi connectivity index (χ0v) is 10.9. The molecule has 0 amide bonds. The van der Waals surface area contributed by atoms with Gasteiger partial charge in [-0.05, 0) is 30.5 Å². The van der Waals surface area contributed by atoms with E-state index in [2.05, 4.69) is 15.3 Å². The van der Waals surface area contributed by atoms with E-state index in [0.717, 1.165) is 0 Å². The third-order valence-corrected chi connectivity index (χ3v) is 2.32. The molecule has 1 rings (SSSR count). The number of anilines is 1. The Bertz CT molecular complexity index is 385. The molecule has 0 radical (unpaired) electrons. The number of nitrogens with zero attached hydrogens (tertiary/aromatic N) is 2. The van der Waals surface area contributed by atoms with Crippen LogP contribution in [0.4, 0.5) is 5.82 Å². The van der Waals surface area contributed by atoms with Gasteiger partial charge in [0.2, 0.25) is 5.28 Å². The number of hydrogen-bond acceptors (Lipinski definition) is 5. The predicted octanol–water partition coefficient (Wildman–Crippen LogP) is 2.13. The largest absolute Gasteiger partial charge is 0.464 e. The van der Waals surface area contributed by atoms with Gasteiger partial charge in [-0.2, -0.15) is 0 Å². The van der Waals surface area contributed by atoms with Gasteiger partial charge in [0.15, 0.2) is 0 Å². The molecule has 0 unspecified atom stereocenters. The number of hydrogen-bond donors (Lipinski definition) is 1. The summed E-state index contributed by atoms with van der Waals surface area (Å²) in [4.78, 5) is 19.5. The summed E-state index contributed by atoms with van der Waals surface area (Å²) in [5.41, 5.74) is 0. The van der Waals surface area contributed by atoms with Gasteiger partial charge < -0.3 is 10.1 Å². The highest BCUT2D eigenvalue weighted by Crippen LogP contribution is 2.13. The first-order valence-electron chi connectivity index (χ1n) is 5.46. The van der Waals surface area contributed by atoms with Crippen LogP contribution in [-0.4, -0.2) is 28.6 Å². The topological polar surface area (TPSA) is 64.1 Å². The van der Waals surface area contributed by atoms with Crippen LogP contribution < -0.4 is 5.32 Å². The van der Waals surface area contributed by atoms with E-state index >= 15 is 0 Å². The van der Waals surface area contributed by atoms with Gasteiger partial charge in [-0.25, -0.2) is 14.8 Å². The van der Waals surface area contributed by atoms with Crippen molar-refractivity contribution >= 4 is 23.4 Å². The number of aromatic nitrogens is 2. The van der Waals surface area contributed by atoms with Crippen LogP contribution in [0.2, 0.25) is 5.28 Å². The highest BCUT2D eigenvalue weighted by molar-refractivity contribution is 6.28. The minimum Gasteiger partial charge on any atom is -0.464 e. The number of carbonyl (C=O) groups excluding carboxylic acids is 1. The van der Waals surface area contributed by atoms with Crippen LogP contribution >= 0.6 is 11.6 Å². The molecule has 5 nitrogen and oxygen atoms in total. The van der Waals surface area contributed by atoms with Crippen LogP contribution in [0.3, 0.4) is 0 Å². The summed E-state index contributed by atoms with van der Waals surface area (Å²) in [6.07, 6.45) is 1.53. The molecule has 0 aliphatic heterocycles. The van der Waals surface area contributed by atoms with Gasteiger partial charge in [0.25, 0.3) is 0 Å². The lowest BCUT2D eigenvalue weighted by atomic mass is 10.0. The minimum atomic E-state index is -0.444. The number of ether oxygens (including phenoxy) is 1. The molecule has 0 saturated carbocycles.